The largest absolute Gasteiger partial charge is 0.438 e. The minimum atomic E-state index is 0.450. The van der Waals surface area contributed by atoms with Crippen molar-refractivity contribution < 1.29 is 4.65 Å². The topological polar surface area (TPSA) is 9.23 Å². The summed E-state index contributed by atoms with van der Waals surface area (Å²) in [6.07, 6.45) is 2.86. The number of fused-ring (bicyclic) bond motifs is 2. The highest BCUT2D eigenvalue weighted by atomic mass is 16.4. The molecule has 80 valence electrons. The fraction of sp³-hybridized carbons (Fsp3) is 1.00. The maximum atomic E-state index is 5.50. The summed E-state index contributed by atoms with van der Waals surface area (Å²) in [4.78, 5) is 0. The third kappa shape index (κ3) is 1.26. The molecule has 0 aromatic rings. The Hall–Kier alpha value is 0.0249. The first-order valence-electron chi connectivity index (χ1n) is 6.01. The average Bonchev–Trinajstić information content (AvgIpc) is 2.16. The first-order chi connectivity index (χ1) is 6.48. The maximum Gasteiger partial charge on any atom is 0.292 e. The van der Waals surface area contributed by atoms with E-state index in [9.17, 15) is 0 Å². The van der Waals surface area contributed by atoms with Gasteiger partial charge in [-0.05, 0) is 35.4 Å². The molecule has 14 heavy (non-hydrogen) atoms. The van der Waals surface area contributed by atoms with Crippen LogP contribution in [0.2, 0.25) is 12.6 Å². The highest BCUT2D eigenvalue weighted by Gasteiger charge is 2.57. The summed E-state index contributed by atoms with van der Waals surface area (Å²) in [5, 5.41) is 0. The van der Waals surface area contributed by atoms with Crippen LogP contribution < -0.4 is 0 Å². The smallest absolute Gasteiger partial charge is 0.292 e. The lowest BCUT2D eigenvalue weighted by atomic mass is 9.36. The third-order valence-corrected chi connectivity index (χ3v) is 5.39. The van der Waals surface area contributed by atoms with Crippen LogP contribution in [0.5, 0.6) is 0 Å². The summed E-state index contributed by atoms with van der Waals surface area (Å²) in [6, 6.07) is 0. The van der Waals surface area contributed by atoms with Gasteiger partial charge in [0.1, 0.15) is 0 Å². The van der Waals surface area contributed by atoms with Crippen molar-refractivity contribution >= 4 is 6.92 Å². The summed E-state index contributed by atoms with van der Waals surface area (Å²) >= 11 is 0. The fourth-order valence-corrected chi connectivity index (χ4v) is 3.98. The van der Waals surface area contributed by atoms with Gasteiger partial charge in [-0.3, -0.25) is 0 Å². The Morgan fingerprint density at radius 2 is 1.93 bits per heavy atom. The second-order valence-electron chi connectivity index (χ2n) is 6.06. The van der Waals surface area contributed by atoms with Crippen LogP contribution in [0.1, 0.15) is 33.6 Å². The van der Waals surface area contributed by atoms with E-state index in [-0.39, 0.29) is 0 Å². The van der Waals surface area contributed by atoms with E-state index in [1.165, 1.54) is 12.8 Å². The molecule has 2 heteroatoms. The van der Waals surface area contributed by atoms with E-state index in [0.717, 1.165) is 23.6 Å². The molecule has 4 atom stereocenters. The van der Waals surface area contributed by atoms with Crippen LogP contribution >= 0.6 is 0 Å². The highest BCUT2D eigenvalue weighted by molar-refractivity contribution is 6.52. The zero-order valence-corrected chi connectivity index (χ0v) is 10.2. The molecule has 0 aromatic heterocycles. The van der Waals surface area contributed by atoms with Crippen LogP contribution in [0.25, 0.3) is 0 Å². The molecule has 3 saturated carbocycles. The summed E-state index contributed by atoms with van der Waals surface area (Å²) in [5.74, 6) is 3.57. The Balaban J connectivity index is 2.08. The van der Waals surface area contributed by atoms with Gasteiger partial charge in [-0.25, -0.2) is 0 Å². The van der Waals surface area contributed by atoms with Crippen molar-refractivity contribution in [3.05, 3.63) is 0 Å². The standard InChI is InChI=1S/C12H23BO/c1-8-10-6-9(12(10,2)3)7-11(8)13(4)14-5/h8-11H,6-7H2,1-5H3/t8-,9+,10-,11-/m1/s1. The van der Waals surface area contributed by atoms with Crippen LogP contribution in [0.4, 0.5) is 0 Å². The second kappa shape index (κ2) is 3.26. The predicted molar refractivity (Wildman–Crippen MR) is 61.5 cm³/mol. The van der Waals surface area contributed by atoms with Gasteiger partial charge in [-0.1, -0.05) is 34.0 Å². The van der Waals surface area contributed by atoms with Gasteiger partial charge in [-0.2, -0.15) is 0 Å². The minimum Gasteiger partial charge on any atom is -0.438 e. The molecule has 0 N–H and O–H groups in total. The van der Waals surface area contributed by atoms with E-state index in [4.69, 9.17) is 4.65 Å². The van der Waals surface area contributed by atoms with Gasteiger partial charge in [0.2, 0.25) is 0 Å². The SMILES string of the molecule is COB(C)[C@@H]1C[C@@H]2C[C@H]([C@H]1C)C2(C)C. The minimum absolute atomic E-state index is 0.450. The molecule has 0 spiro atoms. The molecule has 0 saturated heterocycles. The normalized spacial score (nSPS) is 44.4. The van der Waals surface area contributed by atoms with Crippen molar-refractivity contribution in [2.45, 2.75) is 46.3 Å². The second-order valence-corrected chi connectivity index (χ2v) is 6.06. The van der Waals surface area contributed by atoms with Gasteiger partial charge >= 0.3 is 0 Å². The Labute approximate surface area is 88.7 Å². The summed E-state index contributed by atoms with van der Waals surface area (Å²) in [7, 11) is 1.85. The van der Waals surface area contributed by atoms with Gasteiger partial charge in [0.25, 0.3) is 6.92 Å². The summed E-state index contributed by atoms with van der Waals surface area (Å²) in [6.45, 7) is 10.0. The molecule has 3 rings (SSSR count). The molecule has 0 heterocycles. The van der Waals surface area contributed by atoms with Gasteiger partial charge in [0, 0.05) is 7.11 Å². The van der Waals surface area contributed by atoms with Crippen LogP contribution in [0.15, 0.2) is 0 Å². The van der Waals surface area contributed by atoms with E-state index in [1.54, 1.807) is 0 Å². The van der Waals surface area contributed by atoms with Gasteiger partial charge in [-0.15, -0.1) is 0 Å². The first-order valence-corrected chi connectivity index (χ1v) is 6.01. The molecule has 2 bridgehead atoms. The Bertz CT molecular complexity index is 226. The lowest BCUT2D eigenvalue weighted by molar-refractivity contribution is -0.101. The van der Waals surface area contributed by atoms with Crippen LogP contribution in [0, 0.1) is 23.2 Å². The molecule has 0 aromatic carbocycles. The number of hydrogen-bond donors (Lipinski definition) is 0. The maximum absolute atomic E-state index is 5.50. The molecule has 0 amide bonds. The quantitative estimate of drug-likeness (QED) is 0.612. The lowest BCUT2D eigenvalue weighted by Gasteiger charge is -2.62. The fourth-order valence-electron chi connectivity index (χ4n) is 3.98. The molecule has 3 aliphatic carbocycles. The third-order valence-electron chi connectivity index (χ3n) is 5.39. The molecule has 1 nitrogen and oxygen atoms in total. The van der Waals surface area contributed by atoms with E-state index in [0.29, 0.717) is 12.3 Å². The molecule has 0 aliphatic heterocycles. The lowest BCUT2D eigenvalue weighted by Crippen LogP contribution is -2.55. The van der Waals surface area contributed by atoms with Crippen LogP contribution in [-0.2, 0) is 4.65 Å². The van der Waals surface area contributed by atoms with Gasteiger partial charge in [0.15, 0.2) is 0 Å². The van der Waals surface area contributed by atoms with E-state index >= 15 is 0 Å². The molecular formula is C12H23BO. The van der Waals surface area contributed by atoms with E-state index in [2.05, 4.69) is 27.6 Å². The Morgan fingerprint density at radius 1 is 1.29 bits per heavy atom. The van der Waals surface area contributed by atoms with E-state index < -0.39 is 0 Å². The van der Waals surface area contributed by atoms with Crippen molar-refractivity contribution in [3.8, 4) is 0 Å². The zero-order valence-electron chi connectivity index (χ0n) is 10.2. The van der Waals surface area contributed by atoms with Gasteiger partial charge in [0.05, 0.1) is 0 Å². The van der Waals surface area contributed by atoms with Crippen molar-refractivity contribution in [1.82, 2.24) is 0 Å². The predicted octanol–water partition coefficient (Wildman–Crippen LogP) is 3.33. The molecule has 0 radical (unpaired) electrons. The molecule has 0 unspecified atom stereocenters. The van der Waals surface area contributed by atoms with Gasteiger partial charge < -0.3 is 4.65 Å². The molecule has 3 fully saturated rings. The average molecular weight is 194 g/mol. The van der Waals surface area contributed by atoms with Crippen molar-refractivity contribution in [2.24, 2.45) is 23.2 Å². The van der Waals surface area contributed by atoms with Crippen molar-refractivity contribution in [3.63, 3.8) is 0 Å². The zero-order chi connectivity index (χ0) is 10.5. The number of rotatable bonds is 2. The summed E-state index contributed by atoms with van der Waals surface area (Å²) < 4.78 is 5.50. The molecule has 3 aliphatic rings. The van der Waals surface area contributed by atoms with Crippen molar-refractivity contribution in [1.29, 1.82) is 0 Å². The van der Waals surface area contributed by atoms with Crippen LogP contribution in [-0.4, -0.2) is 14.0 Å². The Kier molecular flexibility index (Phi) is 2.46. The Morgan fingerprint density at radius 3 is 2.36 bits per heavy atom. The van der Waals surface area contributed by atoms with Crippen LogP contribution in [0.3, 0.4) is 0 Å². The first kappa shape index (κ1) is 10.5. The van der Waals surface area contributed by atoms with E-state index in [1.807, 2.05) is 7.11 Å². The van der Waals surface area contributed by atoms with Crippen molar-refractivity contribution in [2.75, 3.05) is 7.11 Å². The number of hydrogen-bond acceptors (Lipinski definition) is 1. The highest BCUT2D eigenvalue weighted by Crippen LogP contribution is 2.64. The molecular weight excluding hydrogens is 171 g/mol. The monoisotopic (exact) mass is 194 g/mol. The summed E-state index contributed by atoms with van der Waals surface area (Å²) in [5.41, 5.74) is 0.614.